The molecule has 0 saturated carbocycles. The van der Waals surface area contributed by atoms with E-state index in [-0.39, 0.29) is 0 Å². The van der Waals surface area contributed by atoms with Crippen molar-refractivity contribution >= 4 is 64.4 Å². The number of furan rings is 1. The van der Waals surface area contributed by atoms with Crippen LogP contribution in [0.15, 0.2) is 180 Å². The number of thiophene rings is 1. The monoisotopic (exact) mass is 707 g/mol. The Morgan fingerprint density at radius 2 is 1.15 bits per heavy atom. The van der Waals surface area contributed by atoms with Gasteiger partial charge in [0.1, 0.15) is 11.2 Å². The highest BCUT2D eigenvalue weighted by molar-refractivity contribution is 7.26. The predicted octanol–water partition coefficient (Wildman–Crippen LogP) is 13.6. The molecule has 54 heavy (non-hydrogen) atoms. The van der Waals surface area contributed by atoms with Gasteiger partial charge in [0, 0.05) is 64.8 Å². The van der Waals surface area contributed by atoms with E-state index in [0.717, 1.165) is 77.6 Å². The Morgan fingerprint density at radius 1 is 0.444 bits per heavy atom. The molecule has 0 aliphatic carbocycles. The van der Waals surface area contributed by atoms with Crippen molar-refractivity contribution in [2.45, 2.75) is 0 Å². The van der Waals surface area contributed by atoms with Crippen molar-refractivity contribution in [3.05, 3.63) is 176 Å². The van der Waals surface area contributed by atoms with Crippen LogP contribution in [0, 0.1) is 0 Å². The fourth-order valence-electron chi connectivity index (χ4n) is 7.83. The summed E-state index contributed by atoms with van der Waals surface area (Å²) < 4.78 is 9.36. The Kier molecular flexibility index (Phi) is 7.00. The van der Waals surface area contributed by atoms with Gasteiger partial charge in [0.2, 0.25) is 0 Å². The van der Waals surface area contributed by atoms with E-state index in [1.165, 1.54) is 25.7 Å². The molecule has 4 nitrogen and oxygen atoms in total. The molecular weight excluding hydrogens is 679 g/mol. The molecule has 5 heteroatoms. The zero-order valence-electron chi connectivity index (χ0n) is 28.9. The lowest BCUT2D eigenvalue weighted by molar-refractivity contribution is 0.670. The molecule has 252 valence electrons. The highest BCUT2D eigenvalue weighted by Crippen LogP contribution is 2.46. The Morgan fingerprint density at radius 3 is 2.04 bits per heavy atom. The molecule has 11 rings (SSSR count). The molecule has 0 atom stereocenters. The van der Waals surface area contributed by atoms with Crippen molar-refractivity contribution < 1.29 is 4.42 Å². The first kappa shape index (κ1) is 30.7. The zero-order valence-corrected chi connectivity index (χ0v) is 29.7. The number of aromatic nitrogens is 3. The van der Waals surface area contributed by atoms with Crippen molar-refractivity contribution in [2.24, 2.45) is 0 Å². The molecule has 7 aromatic carbocycles. The van der Waals surface area contributed by atoms with Gasteiger partial charge in [-0.25, -0.2) is 9.97 Å². The molecule has 0 saturated heterocycles. The quantitative estimate of drug-likeness (QED) is 0.179. The van der Waals surface area contributed by atoms with E-state index < -0.39 is 0 Å². The SMILES string of the molecule is c1ccc(-c2cc(-c3ccc(-c4cccc5c4sc4ccccc45)c4c3oc3ccccc34)nc(-c3ccc(-c4ccnc5ccccc45)cc3)n2)cc1. The van der Waals surface area contributed by atoms with E-state index in [4.69, 9.17) is 14.4 Å². The maximum atomic E-state index is 6.80. The molecule has 4 aromatic heterocycles. The van der Waals surface area contributed by atoms with Crippen LogP contribution in [0.1, 0.15) is 0 Å². The molecule has 0 N–H and O–H groups in total. The Balaban J connectivity index is 1.11. The molecule has 4 heterocycles. The second-order valence-corrected chi connectivity index (χ2v) is 14.6. The van der Waals surface area contributed by atoms with Gasteiger partial charge in [-0.05, 0) is 53.1 Å². The van der Waals surface area contributed by atoms with Crippen LogP contribution < -0.4 is 0 Å². The first-order chi connectivity index (χ1) is 26.8. The smallest absolute Gasteiger partial charge is 0.160 e. The third-order valence-electron chi connectivity index (χ3n) is 10.4. The third kappa shape index (κ3) is 4.94. The number of benzene rings is 7. The zero-order chi connectivity index (χ0) is 35.6. The first-order valence-corrected chi connectivity index (χ1v) is 18.8. The number of hydrogen-bond acceptors (Lipinski definition) is 5. The molecule has 0 radical (unpaired) electrons. The lowest BCUT2D eigenvalue weighted by atomic mass is 9.95. The van der Waals surface area contributed by atoms with E-state index in [9.17, 15) is 0 Å². The molecule has 0 bridgehead atoms. The summed E-state index contributed by atoms with van der Waals surface area (Å²) in [5.74, 6) is 0.654. The summed E-state index contributed by atoms with van der Waals surface area (Å²) in [6, 6.07) is 59.3. The Bertz CT molecular complexity index is 3210. The summed E-state index contributed by atoms with van der Waals surface area (Å²) in [4.78, 5) is 15.0. The minimum absolute atomic E-state index is 0.654. The van der Waals surface area contributed by atoms with Crippen molar-refractivity contribution in [1.29, 1.82) is 0 Å². The average Bonchev–Trinajstić information content (AvgIpc) is 3.83. The number of hydrogen-bond donors (Lipinski definition) is 0. The van der Waals surface area contributed by atoms with E-state index in [1.54, 1.807) is 0 Å². The molecule has 0 aliphatic rings. The number of rotatable bonds is 5. The van der Waals surface area contributed by atoms with Crippen LogP contribution >= 0.6 is 11.3 Å². The van der Waals surface area contributed by atoms with Gasteiger partial charge in [0.25, 0.3) is 0 Å². The first-order valence-electron chi connectivity index (χ1n) is 18.0. The van der Waals surface area contributed by atoms with Crippen LogP contribution in [0.5, 0.6) is 0 Å². The molecule has 0 unspecified atom stereocenters. The van der Waals surface area contributed by atoms with Crippen LogP contribution in [0.25, 0.3) is 109 Å². The molecule has 0 spiro atoms. The third-order valence-corrected chi connectivity index (χ3v) is 11.6. The summed E-state index contributed by atoms with van der Waals surface area (Å²) >= 11 is 1.84. The molecule has 11 aromatic rings. The summed E-state index contributed by atoms with van der Waals surface area (Å²) in [6.45, 7) is 0. The van der Waals surface area contributed by atoms with Crippen molar-refractivity contribution in [2.75, 3.05) is 0 Å². The summed E-state index contributed by atoms with van der Waals surface area (Å²) in [7, 11) is 0. The van der Waals surface area contributed by atoms with Gasteiger partial charge < -0.3 is 4.42 Å². The van der Waals surface area contributed by atoms with Crippen molar-refractivity contribution in [3.63, 3.8) is 0 Å². The van der Waals surface area contributed by atoms with Gasteiger partial charge in [-0.1, -0.05) is 133 Å². The maximum absolute atomic E-state index is 6.80. The van der Waals surface area contributed by atoms with Crippen LogP contribution in [0.2, 0.25) is 0 Å². The van der Waals surface area contributed by atoms with Gasteiger partial charge >= 0.3 is 0 Å². The number of nitrogens with zero attached hydrogens (tertiary/aromatic N) is 3. The van der Waals surface area contributed by atoms with Crippen LogP contribution in [-0.4, -0.2) is 15.0 Å². The normalized spacial score (nSPS) is 11.7. The molecular formula is C49H29N3OS. The Hall–Kier alpha value is -6.95. The topological polar surface area (TPSA) is 51.8 Å². The fourth-order valence-corrected chi connectivity index (χ4v) is 9.06. The van der Waals surface area contributed by atoms with Crippen LogP contribution in [0.4, 0.5) is 0 Å². The maximum Gasteiger partial charge on any atom is 0.160 e. The highest BCUT2D eigenvalue weighted by atomic mass is 32.1. The second kappa shape index (κ2) is 12.3. The number of fused-ring (bicyclic) bond motifs is 7. The fraction of sp³-hybridized carbons (Fsp3) is 0. The van der Waals surface area contributed by atoms with Gasteiger partial charge in [-0.15, -0.1) is 11.3 Å². The number of para-hydroxylation sites is 2. The molecule has 0 amide bonds. The van der Waals surface area contributed by atoms with E-state index in [2.05, 4.69) is 138 Å². The Labute approximate surface area is 314 Å². The number of pyridine rings is 1. The molecule has 0 fully saturated rings. The van der Waals surface area contributed by atoms with Crippen molar-refractivity contribution in [1.82, 2.24) is 15.0 Å². The van der Waals surface area contributed by atoms with Gasteiger partial charge in [-0.2, -0.15) is 0 Å². The minimum atomic E-state index is 0.654. The summed E-state index contributed by atoms with van der Waals surface area (Å²) in [6.07, 6.45) is 1.87. The largest absolute Gasteiger partial charge is 0.455 e. The van der Waals surface area contributed by atoms with Gasteiger partial charge in [0.15, 0.2) is 5.82 Å². The predicted molar refractivity (Wildman–Crippen MR) is 225 cm³/mol. The van der Waals surface area contributed by atoms with E-state index >= 15 is 0 Å². The van der Waals surface area contributed by atoms with Crippen LogP contribution in [-0.2, 0) is 0 Å². The lowest BCUT2D eigenvalue weighted by Gasteiger charge is -2.12. The summed E-state index contributed by atoms with van der Waals surface area (Å²) in [5.41, 5.74) is 11.8. The van der Waals surface area contributed by atoms with Gasteiger partial charge in [0.05, 0.1) is 16.9 Å². The van der Waals surface area contributed by atoms with Crippen LogP contribution in [0.3, 0.4) is 0 Å². The summed E-state index contributed by atoms with van der Waals surface area (Å²) in [5, 5.41) is 5.85. The standard InChI is InChI=1S/C49H29N3OS/c1-2-11-31(12-3-1)42-29-43(52-49(51-42)32-23-21-30(22-24-32)33-27-28-50-41-18-7-4-13-34(33)41)39-26-25-36(46-40-15-5-8-19-44(40)53-47(39)46)38-17-10-16-37-35-14-6-9-20-45(35)54-48(37)38/h1-29H. The molecule has 0 aliphatic heterocycles. The average molecular weight is 708 g/mol. The second-order valence-electron chi connectivity index (χ2n) is 13.5. The lowest BCUT2D eigenvalue weighted by Crippen LogP contribution is -1.96. The van der Waals surface area contributed by atoms with Crippen molar-refractivity contribution in [3.8, 4) is 56.2 Å². The van der Waals surface area contributed by atoms with Gasteiger partial charge in [-0.3, -0.25) is 4.98 Å². The minimum Gasteiger partial charge on any atom is -0.455 e. The van der Waals surface area contributed by atoms with E-state index in [0.29, 0.717) is 5.82 Å². The highest BCUT2D eigenvalue weighted by Gasteiger charge is 2.21. The van der Waals surface area contributed by atoms with E-state index in [1.807, 2.05) is 53.9 Å².